The lowest BCUT2D eigenvalue weighted by Gasteiger charge is -2.14. The molecule has 3 aromatic rings. The third-order valence-corrected chi connectivity index (χ3v) is 5.45. The molecular formula is C27H29N3O3S. The second-order valence-corrected chi connectivity index (χ2v) is 8.26. The molecule has 3 aromatic carbocycles. The average molecular weight is 476 g/mol. The Balaban J connectivity index is 1.54. The van der Waals surface area contributed by atoms with Crippen molar-refractivity contribution >= 4 is 34.8 Å². The first-order valence-corrected chi connectivity index (χ1v) is 11.7. The van der Waals surface area contributed by atoms with Crippen LogP contribution >= 0.6 is 12.2 Å². The quantitative estimate of drug-likeness (QED) is 0.381. The summed E-state index contributed by atoms with van der Waals surface area (Å²) in [5.74, 6) is 0.00779. The number of thiocarbonyl (C=S) groups is 1. The van der Waals surface area contributed by atoms with Crippen molar-refractivity contribution in [2.45, 2.75) is 32.7 Å². The molecule has 7 heteroatoms. The summed E-state index contributed by atoms with van der Waals surface area (Å²) < 4.78 is 5.87. The second kappa shape index (κ2) is 12.5. The largest absolute Gasteiger partial charge is 0.492 e. The third kappa shape index (κ3) is 7.42. The monoisotopic (exact) mass is 475 g/mol. The van der Waals surface area contributed by atoms with Crippen molar-refractivity contribution in [1.29, 1.82) is 0 Å². The summed E-state index contributed by atoms with van der Waals surface area (Å²) in [5, 5.41) is 8.74. The number of hydrogen-bond donors (Lipinski definition) is 3. The molecule has 0 saturated heterocycles. The molecule has 0 aliphatic carbocycles. The maximum atomic E-state index is 12.8. The normalized spacial score (nSPS) is 11.2. The number of amides is 2. The van der Waals surface area contributed by atoms with Gasteiger partial charge in [0.2, 0.25) is 0 Å². The van der Waals surface area contributed by atoms with Gasteiger partial charge in [0.05, 0.1) is 12.2 Å². The molecule has 1 atom stereocenters. The summed E-state index contributed by atoms with van der Waals surface area (Å²) in [5.41, 5.74) is 2.79. The third-order valence-electron chi connectivity index (χ3n) is 5.24. The zero-order chi connectivity index (χ0) is 24.3. The minimum Gasteiger partial charge on any atom is -0.492 e. The van der Waals surface area contributed by atoms with Crippen LogP contribution < -0.4 is 20.7 Å². The number of rotatable bonds is 9. The fraction of sp³-hybridized carbons (Fsp3) is 0.222. The molecule has 34 heavy (non-hydrogen) atoms. The molecule has 0 heterocycles. The summed E-state index contributed by atoms with van der Waals surface area (Å²) in [6, 6.07) is 24.1. The van der Waals surface area contributed by atoms with Gasteiger partial charge in [-0.1, -0.05) is 49.4 Å². The predicted molar refractivity (Wildman–Crippen MR) is 139 cm³/mol. The summed E-state index contributed by atoms with van der Waals surface area (Å²) in [6.45, 7) is 4.43. The van der Waals surface area contributed by atoms with E-state index in [4.69, 9.17) is 17.0 Å². The smallest absolute Gasteiger partial charge is 0.261 e. The van der Waals surface area contributed by atoms with E-state index in [2.05, 4.69) is 16.0 Å². The van der Waals surface area contributed by atoms with Gasteiger partial charge >= 0.3 is 0 Å². The number of carbonyl (C=O) groups excluding carboxylic acids is 2. The first-order chi connectivity index (χ1) is 16.5. The van der Waals surface area contributed by atoms with Gasteiger partial charge < -0.3 is 15.4 Å². The van der Waals surface area contributed by atoms with Gasteiger partial charge in [0.15, 0.2) is 5.11 Å². The van der Waals surface area contributed by atoms with Crippen molar-refractivity contribution in [2.75, 3.05) is 11.9 Å². The van der Waals surface area contributed by atoms with E-state index in [0.717, 1.165) is 18.4 Å². The molecule has 3 rings (SSSR count). The molecule has 176 valence electrons. The molecular weight excluding hydrogens is 446 g/mol. The van der Waals surface area contributed by atoms with Crippen LogP contribution in [0.5, 0.6) is 5.75 Å². The second-order valence-electron chi connectivity index (χ2n) is 7.85. The van der Waals surface area contributed by atoms with Gasteiger partial charge in [0.25, 0.3) is 11.8 Å². The predicted octanol–water partition coefficient (Wildman–Crippen LogP) is 4.96. The fourth-order valence-corrected chi connectivity index (χ4v) is 3.36. The highest BCUT2D eigenvalue weighted by molar-refractivity contribution is 7.80. The number of benzene rings is 3. The lowest BCUT2D eigenvalue weighted by Crippen LogP contribution is -2.34. The number of anilines is 1. The Bertz CT molecular complexity index is 1120. The molecule has 1 unspecified atom stereocenters. The summed E-state index contributed by atoms with van der Waals surface area (Å²) in [7, 11) is 0. The molecule has 0 aromatic heterocycles. The lowest BCUT2D eigenvalue weighted by atomic mass is 10.1. The van der Waals surface area contributed by atoms with Crippen molar-refractivity contribution in [2.24, 2.45) is 0 Å². The van der Waals surface area contributed by atoms with E-state index in [9.17, 15) is 9.59 Å². The Morgan fingerprint density at radius 3 is 2.29 bits per heavy atom. The number of para-hydroxylation sites is 1. The molecule has 2 amide bonds. The number of hydrogen-bond acceptors (Lipinski definition) is 4. The number of ether oxygens (including phenoxy) is 1. The van der Waals surface area contributed by atoms with Crippen LogP contribution in [0.25, 0.3) is 0 Å². The lowest BCUT2D eigenvalue weighted by molar-refractivity contribution is 0.0937. The Hall–Kier alpha value is -3.71. The topological polar surface area (TPSA) is 79.5 Å². The van der Waals surface area contributed by atoms with E-state index in [1.54, 1.807) is 42.5 Å². The molecule has 0 aliphatic heterocycles. The SMILES string of the molecule is CCC(C)NC(=O)c1ccc(NC(=S)NC(=O)c2ccccc2OCCc2ccccc2)cc1. The van der Waals surface area contributed by atoms with E-state index in [0.29, 0.717) is 29.2 Å². The average Bonchev–Trinajstić information content (AvgIpc) is 2.85. The zero-order valence-electron chi connectivity index (χ0n) is 19.3. The van der Waals surface area contributed by atoms with E-state index >= 15 is 0 Å². The Morgan fingerprint density at radius 2 is 1.59 bits per heavy atom. The maximum absolute atomic E-state index is 12.8. The van der Waals surface area contributed by atoms with Crippen LogP contribution in [0, 0.1) is 0 Å². The van der Waals surface area contributed by atoms with Gasteiger partial charge in [0, 0.05) is 23.7 Å². The van der Waals surface area contributed by atoms with Crippen LogP contribution in [0.2, 0.25) is 0 Å². The Labute approximate surface area is 205 Å². The summed E-state index contributed by atoms with van der Waals surface area (Å²) in [4.78, 5) is 25.0. The van der Waals surface area contributed by atoms with Crippen LogP contribution in [-0.4, -0.2) is 29.6 Å². The molecule has 3 N–H and O–H groups in total. The minimum absolute atomic E-state index is 0.110. The molecule has 6 nitrogen and oxygen atoms in total. The van der Waals surface area contributed by atoms with E-state index < -0.39 is 0 Å². The number of carbonyl (C=O) groups is 2. The van der Waals surface area contributed by atoms with Crippen LogP contribution in [0.15, 0.2) is 78.9 Å². The first kappa shape index (κ1) is 24.9. The minimum atomic E-state index is -0.364. The highest BCUT2D eigenvalue weighted by Crippen LogP contribution is 2.18. The van der Waals surface area contributed by atoms with Crippen molar-refractivity contribution in [3.05, 3.63) is 95.6 Å². The van der Waals surface area contributed by atoms with E-state index in [1.165, 1.54) is 0 Å². The van der Waals surface area contributed by atoms with Crippen molar-refractivity contribution < 1.29 is 14.3 Å². The van der Waals surface area contributed by atoms with Crippen LogP contribution in [0.3, 0.4) is 0 Å². The van der Waals surface area contributed by atoms with Crippen LogP contribution in [-0.2, 0) is 6.42 Å². The molecule has 0 spiro atoms. The van der Waals surface area contributed by atoms with E-state index in [-0.39, 0.29) is 23.0 Å². The highest BCUT2D eigenvalue weighted by atomic mass is 32.1. The Kier molecular flexibility index (Phi) is 9.17. The van der Waals surface area contributed by atoms with E-state index in [1.807, 2.05) is 50.2 Å². The fourth-order valence-electron chi connectivity index (χ4n) is 3.15. The highest BCUT2D eigenvalue weighted by Gasteiger charge is 2.14. The van der Waals surface area contributed by atoms with Crippen molar-refractivity contribution in [3.8, 4) is 5.75 Å². The Morgan fingerprint density at radius 1 is 0.912 bits per heavy atom. The molecule has 0 saturated carbocycles. The van der Waals surface area contributed by atoms with Crippen molar-refractivity contribution in [1.82, 2.24) is 10.6 Å². The molecule has 0 aliphatic rings. The zero-order valence-corrected chi connectivity index (χ0v) is 20.2. The molecule has 0 fully saturated rings. The molecule has 0 radical (unpaired) electrons. The van der Waals surface area contributed by atoms with Crippen LogP contribution in [0.4, 0.5) is 5.69 Å². The summed E-state index contributed by atoms with van der Waals surface area (Å²) >= 11 is 5.30. The van der Waals surface area contributed by atoms with Gasteiger partial charge in [-0.25, -0.2) is 0 Å². The van der Waals surface area contributed by atoms with Crippen LogP contribution in [0.1, 0.15) is 46.5 Å². The van der Waals surface area contributed by atoms with Gasteiger partial charge in [-0.05, 0) is 67.5 Å². The maximum Gasteiger partial charge on any atom is 0.261 e. The van der Waals surface area contributed by atoms with Gasteiger partial charge in [-0.15, -0.1) is 0 Å². The summed E-state index contributed by atoms with van der Waals surface area (Å²) in [6.07, 6.45) is 1.60. The van der Waals surface area contributed by atoms with Gasteiger partial charge in [-0.2, -0.15) is 0 Å². The molecule has 0 bridgehead atoms. The first-order valence-electron chi connectivity index (χ1n) is 11.2. The van der Waals surface area contributed by atoms with Gasteiger partial charge in [0.1, 0.15) is 5.75 Å². The number of nitrogens with one attached hydrogen (secondary N) is 3. The van der Waals surface area contributed by atoms with Crippen molar-refractivity contribution in [3.63, 3.8) is 0 Å². The van der Waals surface area contributed by atoms with Gasteiger partial charge in [-0.3, -0.25) is 14.9 Å². The standard InChI is InChI=1S/C27H29N3O3S/c1-3-19(2)28-25(31)21-13-15-22(16-14-21)29-27(34)30-26(32)23-11-7-8-12-24(23)33-18-17-20-9-5-4-6-10-20/h4-16,19H,3,17-18H2,1-2H3,(H,28,31)(H2,29,30,32,34).